The molecule has 0 spiro atoms. The highest BCUT2D eigenvalue weighted by Crippen LogP contribution is 2.28. The maximum atomic E-state index is 5.80. The van der Waals surface area contributed by atoms with E-state index in [1.165, 1.54) is 25.1 Å². The molecule has 0 bridgehead atoms. The standard InChI is InChI=1S/C12H16ClN3/c13-12-2-1-10(7-15-12)16-6-4-9-3-5-14-11(9)8-16/h1-2,7,9,11,14H,3-6,8H2. The zero-order valence-electron chi connectivity index (χ0n) is 9.19. The van der Waals surface area contributed by atoms with Gasteiger partial charge in [-0.25, -0.2) is 4.98 Å². The molecule has 3 rings (SSSR count). The Labute approximate surface area is 101 Å². The van der Waals surface area contributed by atoms with Crippen molar-refractivity contribution in [2.45, 2.75) is 18.9 Å². The summed E-state index contributed by atoms with van der Waals surface area (Å²) in [5.41, 5.74) is 1.19. The van der Waals surface area contributed by atoms with Crippen molar-refractivity contribution in [1.29, 1.82) is 0 Å². The zero-order valence-corrected chi connectivity index (χ0v) is 9.95. The second kappa shape index (κ2) is 4.22. The van der Waals surface area contributed by atoms with Gasteiger partial charge in [0, 0.05) is 19.1 Å². The van der Waals surface area contributed by atoms with E-state index >= 15 is 0 Å². The van der Waals surface area contributed by atoms with Gasteiger partial charge in [0.2, 0.25) is 0 Å². The molecule has 2 atom stereocenters. The van der Waals surface area contributed by atoms with Gasteiger partial charge in [0.15, 0.2) is 0 Å². The fourth-order valence-electron chi connectivity index (χ4n) is 2.82. The van der Waals surface area contributed by atoms with Crippen LogP contribution in [0.25, 0.3) is 0 Å². The Morgan fingerprint density at radius 3 is 3.12 bits per heavy atom. The van der Waals surface area contributed by atoms with Crippen LogP contribution in [0.5, 0.6) is 0 Å². The summed E-state index contributed by atoms with van der Waals surface area (Å²) in [5.74, 6) is 0.886. The lowest BCUT2D eigenvalue weighted by molar-refractivity contribution is 0.373. The molecule has 2 aliphatic heterocycles. The van der Waals surface area contributed by atoms with E-state index < -0.39 is 0 Å². The molecule has 3 nitrogen and oxygen atoms in total. The van der Waals surface area contributed by atoms with Crippen LogP contribution in [0.3, 0.4) is 0 Å². The first kappa shape index (κ1) is 10.4. The van der Waals surface area contributed by atoms with Crippen LogP contribution in [0.2, 0.25) is 5.15 Å². The molecule has 3 heterocycles. The van der Waals surface area contributed by atoms with Crippen LogP contribution in [0.15, 0.2) is 18.3 Å². The highest BCUT2D eigenvalue weighted by Gasteiger charge is 2.32. The Hall–Kier alpha value is -0.800. The summed E-state index contributed by atoms with van der Waals surface area (Å²) in [4.78, 5) is 6.55. The predicted octanol–water partition coefficient (Wildman–Crippen LogP) is 1.92. The average molecular weight is 238 g/mol. The smallest absolute Gasteiger partial charge is 0.129 e. The SMILES string of the molecule is Clc1ccc(N2CCC3CCNC3C2)cn1. The molecule has 0 aliphatic carbocycles. The molecular formula is C12H16ClN3. The van der Waals surface area contributed by atoms with Gasteiger partial charge in [0.25, 0.3) is 0 Å². The number of hydrogen-bond donors (Lipinski definition) is 1. The molecule has 1 N–H and O–H groups in total. The van der Waals surface area contributed by atoms with E-state index in [0.717, 1.165) is 19.0 Å². The van der Waals surface area contributed by atoms with E-state index in [2.05, 4.69) is 21.3 Å². The number of pyridine rings is 1. The van der Waals surface area contributed by atoms with Gasteiger partial charge in [-0.3, -0.25) is 0 Å². The summed E-state index contributed by atoms with van der Waals surface area (Å²) in [7, 11) is 0. The number of rotatable bonds is 1. The monoisotopic (exact) mass is 237 g/mol. The van der Waals surface area contributed by atoms with Crippen molar-refractivity contribution in [1.82, 2.24) is 10.3 Å². The Morgan fingerprint density at radius 2 is 2.31 bits per heavy atom. The largest absolute Gasteiger partial charge is 0.369 e. The summed E-state index contributed by atoms with van der Waals surface area (Å²) in [6.07, 6.45) is 4.51. The third kappa shape index (κ3) is 1.89. The van der Waals surface area contributed by atoms with Crippen molar-refractivity contribution in [2.24, 2.45) is 5.92 Å². The van der Waals surface area contributed by atoms with E-state index in [9.17, 15) is 0 Å². The first-order valence-corrected chi connectivity index (χ1v) is 6.30. The van der Waals surface area contributed by atoms with Crippen molar-refractivity contribution < 1.29 is 0 Å². The summed E-state index contributed by atoms with van der Waals surface area (Å²) in [6.45, 7) is 3.43. The number of halogens is 1. The lowest BCUT2D eigenvalue weighted by Crippen LogP contribution is -2.46. The molecule has 0 radical (unpaired) electrons. The molecule has 2 unspecified atom stereocenters. The first-order chi connectivity index (χ1) is 7.83. The number of nitrogens with one attached hydrogen (secondary N) is 1. The summed E-state index contributed by atoms with van der Waals surface area (Å²) in [5, 5.41) is 4.15. The Morgan fingerprint density at radius 1 is 1.38 bits per heavy atom. The summed E-state index contributed by atoms with van der Waals surface area (Å²) >= 11 is 5.80. The fraction of sp³-hybridized carbons (Fsp3) is 0.583. The first-order valence-electron chi connectivity index (χ1n) is 5.93. The van der Waals surface area contributed by atoms with Crippen molar-refractivity contribution in [3.8, 4) is 0 Å². The van der Waals surface area contributed by atoms with E-state index in [1.807, 2.05) is 12.3 Å². The lowest BCUT2D eigenvalue weighted by atomic mass is 9.92. The molecule has 0 saturated carbocycles. The van der Waals surface area contributed by atoms with E-state index in [1.54, 1.807) is 0 Å². The van der Waals surface area contributed by atoms with Crippen molar-refractivity contribution in [3.63, 3.8) is 0 Å². The number of aromatic nitrogens is 1. The van der Waals surface area contributed by atoms with Crippen LogP contribution in [-0.4, -0.2) is 30.7 Å². The number of nitrogens with zero attached hydrogens (tertiary/aromatic N) is 2. The molecule has 0 aromatic carbocycles. The maximum Gasteiger partial charge on any atom is 0.129 e. The van der Waals surface area contributed by atoms with Gasteiger partial charge in [-0.15, -0.1) is 0 Å². The van der Waals surface area contributed by atoms with Gasteiger partial charge in [-0.05, 0) is 37.4 Å². The fourth-order valence-corrected chi connectivity index (χ4v) is 2.93. The minimum Gasteiger partial charge on any atom is -0.369 e. The molecule has 16 heavy (non-hydrogen) atoms. The highest BCUT2D eigenvalue weighted by molar-refractivity contribution is 6.29. The molecular weight excluding hydrogens is 222 g/mol. The van der Waals surface area contributed by atoms with Gasteiger partial charge in [-0.2, -0.15) is 0 Å². The van der Waals surface area contributed by atoms with Crippen molar-refractivity contribution in [3.05, 3.63) is 23.5 Å². The minimum atomic E-state index is 0.567. The van der Waals surface area contributed by atoms with Crippen LogP contribution < -0.4 is 10.2 Å². The average Bonchev–Trinajstić information content (AvgIpc) is 2.77. The summed E-state index contributed by atoms with van der Waals surface area (Å²) in [6, 6.07) is 4.60. The van der Waals surface area contributed by atoms with Gasteiger partial charge < -0.3 is 10.2 Å². The maximum absolute atomic E-state index is 5.80. The molecule has 2 fully saturated rings. The Balaban J connectivity index is 1.74. The van der Waals surface area contributed by atoms with Crippen LogP contribution >= 0.6 is 11.6 Å². The molecule has 1 aromatic rings. The van der Waals surface area contributed by atoms with Crippen LogP contribution in [0.4, 0.5) is 5.69 Å². The second-order valence-corrected chi connectivity index (χ2v) is 5.07. The predicted molar refractivity (Wildman–Crippen MR) is 66.0 cm³/mol. The van der Waals surface area contributed by atoms with Gasteiger partial charge in [0.1, 0.15) is 5.15 Å². The number of anilines is 1. The van der Waals surface area contributed by atoms with Crippen LogP contribution in [-0.2, 0) is 0 Å². The molecule has 2 saturated heterocycles. The Bertz CT molecular complexity index is 365. The van der Waals surface area contributed by atoms with Crippen molar-refractivity contribution in [2.75, 3.05) is 24.5 Å². The van der Waals surface area contributed by atoms with Gasteiger partial charge in [0.05, 0.1) is 11.9 Å². The molecule has 86 valence electrons. The minimum absolute atomic E-state index is 0.567. The highest BCUT2D eigenvalue weighted by atomic mass is 35.5. The quantitative estimate of drug-likeness (QED) is 0.757. The lowest BCUT2D eigenvalue weighted by Gasteiger charge is -2.36. The number of piperidine rings is 1. The third-order valence-electron chi connectivity index (χ3n) is 3.75. The number of fused-ring (bicyclic) bond motifs is 1. The number of hydrogen-bond acceptors (Lipinski definition) is 3. The molecule has 1 aromatic heterocycles. The van der Waals surface area contributed by atoms with Crippen molar-refractivity contribution >= 4 is 17.3 Å². The second-order valence-electron chi connectivity index (χ2n) is 4.68. The zero-order chi connectivity index (χ0) is 11.0. The molecule has 4 heteroatoms. The molecule has 0 amide bonds. The van der Waals surface area contributed by atoms with E-state index in [-0.39, 0.29) is 0 Å². The van der Waals surface area contributed by atoms with Gasteiger partial charge >= 0.3 is 0 Å². The topological polar surface area (TPSA) is 28.2 Å². The van der Waals surface area contributed by atoms with Gasteiger partial charge in [-0.1, -0.05) is 11.6 Å². The summed E-state index contributed by atoms with van der Waals surface area (Å²) < 4.78 is 0. The normalized spacial score (nSPS) is 29.2. The molecule has 2 aliphatic rings. The van der Waals surface area contributed by atoms with E-state index in [0.29, 0.717) is 11.2 Å². The van der Waals surface area contributed by atoms with E-state index in [4.69, 9.17) is 11.6 Å². The Kier molecular flexibility index (Phi) is 2.74. The third-order valence-corrected chi connectivity index (χ3v) is 3.98. The van der Waals surface area contributed by atoms with Crippen LogP contribution in [0, 0.1) is 5.92 Å². The van der Waals surface area contributed by atoms with Crippen LogP contribution in [0.1, 0.15) is 12.8 Å².